The summed E-state index contributed by atoms with van der Waals surface area (Å²) in [5.74, 6) is -0.295. The van der Waals surface area contributed by atoms with Crippen molar-refractivity contribution in [1.29, 1.82) is 0 Å². The number of nitrogens with two attached hydrogens (primary N) is 1. The van der Waals surface area contributed by atoms with E-state index >= 15 is 0 Å². The molecule has 9 heteroatoms. The zero-order valence-electron chi connectivity index (χ0n) is 14.2. The molecule has 0 radical (unpaired) electrons. The van der Waals surface area contributed by atoms with E-state index in [0.717, 1.165) is 11.3 Å². The second-order valence-electron chi connectivity index (χ2n) is 5.82. The number of amides is 1. The molecule has 0 saturated carbocycles. The van der Waals surface area contributed by atoms with E-state index in [9.17, 15) is 13.2 Å². The SMILES string of the molecule is NS(=O)(=O)c1ccc(CCNC(=O)c2ccn(-c3cccc(Cl)c3)n2)cc1. The third kappa shape index (κ3) is 4.94. The van der Waals surface area contributed by atoms with Gasteiger partial charge in [0.2, 0.25) is 10.0 Å². The van der Waals surface area contributed by atoms with E-state index in [-0.39, 0.29) is 10.8 Å². The Morgan fingerprint density at radius 1 is 1.15 bits per heavy atom. The van der Waals surface area contributed by atoms with E-state index in [1.807, 2.05) is 6.07 Å². The normalized spacial score (nSPS) is 11.3. The summed E-state index contributed by atoms with van der Waals surface area (Å²) >= 11 is 5.96. The number of nitrogens with zero attached hydrogens (tertiary/aromatic N) is 2. The van der Waals surface area contributed by atoms with Gasteiger partial charge in [-0.2, -0.15) is 5.10 Å². The molecule has 1 heterocycles. The molecule has 0 aliphatic rings. The second kappa shape index (κ2) is 7.91. The predicted molar refractivity (Wildman–Crippen MR) is 102 cm³/mol. The number of benzene rings is 2. The van der Waals surface area contributed by atoms with Gasteiger partial charge >= 0.3 is 0 Å². The summed E-state index contributed by atoms with van der Waals surface area (Å²) in [7, 11) is -3.70. The second-order valence-corrected chi connectivity index (χ2v) is 7.82. The molecule has 1 amide bonds. The van der Waals surface area contributed by atoms with Crippen LogP contribution in [-0.2, 0) is 16.4 Å². The number of carbonyl (C=O) groups is 1. The van der Waals surface area contributed by atoms with E-state index in [4.69, 9.17) is 16.7 Å². The first-order chi connectivity index (χ1) is 12.8. The van der Waals surface area contributed by atoms with E-state index in [0.29, 0.717) is 23.7 Å². The van der Waals surface area contributed by atoms with Crippen LogP contribution in [0.5, 0.6) is 0 Å². The molecule has 3 aromatic rings. The summed E-state index contributed by atoms with van der Waals surface area (Å²) < 4.78 is 24.0. The molecule has 0 aliphatic heterocycles. The van der Waals surface area contributed by atoms with Gasteiger partial charge in [0.05, 0.1) is 10.6 Å². The van der Waals surface area contributed by atoms with Crippen LogP contribution < -0.4 is 10.5 Å². The van der Waals surface area contributed by atoms with Crippen LogP contribution in [0.3, 0.4) is 0 Å². The molecule has 0 spiro atoms. The van der Waals surface area contributed by atoms with Crippen molar-refractivity contribution in [2.45, 2.75) is 11.3 Å². The summed E-state index contributed by atoms with van der Waals surface area (Å²) in [6.45, 7) is 0.386. The van der Waals surface area contributed by atoms with Crippen molar-refractivity contribution in [1.82, 2.24) is 15.1 Å². The van der Waals surface area contributed by atoms with Crippen molar-refractivity contribution in [2.75, 3.05) is 6.54 Å². The first-order valence-electron chi connectivity index (χ1n) is 8.04. The molecule has 1 aromatic heterocycles. The molecule has 140 valence electrons. The highest BCUT2D eigenvalue weighted by Crippen LogP contribution is 2.14. The van der Waals surface area contributed by atoms with Gasteiger partial charge in [-0.25, -0.2) is 18.2 Å². The Hall–Kier alpha value is -2.68. The highest BCUT2D eigenvalue weighted by Gasteiger charge is 2.10. The Bertz CT molecular complexity index is 1060. The Balaban J connectivity index is 1.57. The van der Waals surface area contributed by atoms with Crippen LogP contribution in [0.2, 0.25) is 5.02 Å². The summed E-state index contributed by atoms with van der Waals surface area (Å²) in [4.78, 5) is 12.3. The van der Waals surface area contributed by atoms with Crippen LogP contribution in [0.25, 0.3) is 5.69 Å². The minimum atomic E-state index is -3.70. The lowest BCUT2D eigenvalue weighted by molar-refractivity contribution is 0.0948. The fraction of sp³-hybridized carbons (Fsp3) is 0.111. The lowest BCUT2D eigenvalue weighted by atomic mass is 10.1. The molecular formula is C18H17ClN4O3S. The Morgan fingerprint density at radius 2 is 1.89 bits per heavy atom. The number of carbonyl (C=O) groups excluding carboxylic acids is 1. The summed E-state index contributed by atoms with van der Waals surface area (Å²) in [5.41, 5.74) is 1.93. The van der Waals surface area contributed by atoms with Crippen LogP contribution in [0.4, 0.5) is 0 Å². The van der Waals surface area contributed by atoms with Crippen molar-refractivity contribution in [3.63, 3.8) is 0 Å². The van der Waals surface area contributed by atoms with Gasteiger partial charge in [-0.1, -0.05) is 29.8 Å². The molecule has 3 N–H and O–H groups in total. The molecule has 0 unspecified atom stereocenters. The molecule has 0 saturated heterocycles. The molecule has 0 aliphatic carbocycles. The topological polar surface area (TPSA) is 107 Å². The highest BCUT2D eigenvalue weighted by atomic mass is 35.5. The van der Waals surface area contributed by atoms with Crippen molar-refractivity contribution in [3.05, 3.63) is 77.1 Å². The molecular weight excluding hydrogens is 388 g/mol. The summed E-state index contributed by atoms with van der Waals surface area (Å²) in [6.07, 6.45) is 2.23. The highest BCUT2D eigenvalue weighted by molar-refractivity contribution is 7.89. The number of aromatic nitrogens is 2. The standard InChI is InChI=1S/C18H17ClN4O3S/c19-14-2-1-3-15(12-14)23-11-9-17(22-23)18(24)21-10-8-13-4-6-16(7-5-13)27(20,25)26/h1-7,9,11-12H,8,10H2,(H,21,24)(H2,20,25,26). The van der Waals surface area contributed by atoms with Gasteiger partial charge in [-0.3, -0.25) is 4.79 Å². The third-order valence-electron chi connectivity index (χ3n) is 3.85. The lowest BCUT2D eigenvalue weighted by Crippen LogP contribution is -2.26. The van der Waals surface area contributed by atoms with E-state index in [1.165, 1.54) is 12.1 Å². The summed E-state index contributed by atoms with van der Waals surface area (Å²) in [5, 5.41) is 12.7. The van der Waals surface area contributed by atoms with Crippen LogP contribution in [-0.4, -0.2) is 30.7 Å². The van der Waals surface area contributed by atoms with Gasteiger partial charge in [0, 0.05) is 17.8 Å². The van der Waals surface area contributed by atoms with Gasteiger partial charge in [-0.15, -0.1) is 0 Å². The van der Waals surface area contributed by atoms with Gasteiger partial charge in [-0.05, 0) is 48.4 Å². The summed E-state index contributed by atoms with van der Waals surface area (Å²) in [6, 6.07) is 15.0. The number of nitrogens with one attached hydrogen (secondary N) is 1. The van der Waals surface area contributed by atoms with Crippen molar-refractivity contribution >= 4 is 27.5 Å². The largest absolute Gasteiger partial charge is 0.350 e. The number of hydrogen-bond acceptors (Lipinski definition) is 4. The zero-order valence-corrected chi connectivity index (χ0v) is 15.7. The molecule has 27 heavy (non-hydrogen) atoms. The quantitative estimate of drug-likeness (QED) is 0.656. The maximum absolute atomic E-state index is 12.2. The first-order valence-corrected chi connectivity index (χ1v) is 9.97. The van der Waals surface area contributed by atoms with Crippen molar-refractivity contribution in [3.8, 4) is 5.69 Å². The first kappa shape index (κ1) is 19.1. The van der Waals surface area contributed by atoms with Gasteiger partial charge in [0.1, 0.15) is 0 Å². The molecule has 0 fully saturated rings. The molecule has 0 atom stereocenters. The van der Waals surface area contributed by atoms with Crippen LogP contribution in [0.15, 0.2) is 65.7 Å². The van der Waals surface area contributed by atoms with Gasteiger partial charge in [0.15, 0.2) is 5.69 Å². The van der Waals surface area contributed by atoms with E-state index in [2.05, 4.69) is 10.4 Å². The third-order valence-corrected chi connectivity index (χ3v) is 5.01. The Morgan fingerprint density at radius 3 is 2.56 bits per heavy atom. The Labute approximate surface area is 161 Å². The molecule has 2 aromatic carbocycles. The smallest absolute Gasteiger partial charge is 0.271 e. The fourth-order valence-corrected chi connectivity index (χ4v) is 3.16. The monoisotopic (exact) mass is 404 g/mol. The minimum absolute atomic E-state index is 0.0573. The Kier molecular flexibility index (Phi) is 5.59. The predicted octanol–water partition coefficient (Wildman–Crippen LogP) is 2.15. The average Bonchev–Trinajstić information content (AvgIpc) is 3.12. The van der Waals surface area contributed by atoms with E-state index in [1.54, 1.807) is 47.3 Å². The molecule has 7 nitrogen and oxygen atoms in total. The van der Waals surface area contributed by atoms with Gasteiger partial charge < -0.3 is 5.32 Å². The zero-order chi connectivity index (χ0) is 19.4. The van der Waals surface area contributed by atoms with Gasteiger partial charge in [0.25, 0.3) is 5.91 Å². The number of sulfonamides is 1. The maximum Gasteiger partial charge on any atom is 0.271 e. The van der Waals surface area contributed by atoms with E-state index < -0.39 is 10.0 Å². The maximum atomic E-state index is 12.2. The van der Waals surface area contributed by atoms with Crippen LogP contribution in [0, 0.1) is 0 Å². The molecule has 3 rings (SSSR count). The number of hydrogen-bond donors (Lipinski definition) is 2. The van der Waals surface area contributed by atoms with Crippen LogP contribution in [0.1, 0.15) is 16.1 Å². The number of primary sulfonamides is 1. The van der Waals surface area contributed by atoms with Crippen LogP contribution >= 0.6 is 11.6 Å². The number of halogens is 1. The van der Waals surface area contributed by atoms with Crippen molar-refractivity contribution < 1.29 is 13.2 Å². The van der Waals surface area contributed by atoms with Crippen molar-refractivity contribution in [2.24, 2.45) is 5.14 Å². The number of rotatable bonds is 6. The molecule has 0 bridgehead atoms. The lowest BCUT2D eigenvalue weighted by Gasteiger charge is -2.05. The average molecular weight is 405 g/mol. The minimum Gasteiger partial charge on any atom is -0.350 e. The fourth-order valence-electron chi connectivity index (χ4n) is 2.46.